The van der Waals surface area contributed by atoms with Crippen LogP contribution in [0.2, 0.25) is 0 Å². The third-order valence-electron chi connectivity index (χ3n) is 1.01. The molecule has 0 aliphatic carbocycles. The molecule has 0 saturated carbocycles. The van der Waals surface area contributed by atoms with Crippen molar-refractivity contribution in [1.82, 2.24) is 0 Å². The van der Waals surface area contributed by atoms with Crippen LogP contribution < -0.4 is 5.73 Å². The quantitative estimate of drug-likeness (QED) is 0.550. The predicted molar refractivity (Wildman–Crippen MR) is 54.0 cm³/mol. The van der Waals surface area contributed by atoms with Gasteiger partial charge in [-0.2, -0.15) is 0 Å². The summed E-state index contributed by atoms with van der Waals surface area (Å²) in [5.41, 5.74) is 5.62. The van der Waals surface area contributed by atoms with Gasteiger partial charge in [0.05, 0.1) is 4.32 Å². The van der Waals surface area contributed by atoms with E-state index in [2.05, 4.69) is 31.3 Å². The number of hydrogen-bond donors (Lipinski definition) is 1. The molecule has 0 aromatic rings. The van der Waals surface area contributed by atoms with Crippen molar-refractivity contribution in [2.45, 2.75) is 0 Å². The summed E-state index contributed by atoms with van der Waals surface area (Å²) in [4.78, 5) is 0. The Balaban J connectivity index is 5.01. The van der Waals surface area contributed by atoms with Gasteiger partial charge in [-0.1, -0.05) is 12.2 Å². The average Bonchev–Trinajstić information content (AvgIpc) is 1.24. The zero-order valence-corrected chi connectivity index (χ0v) is 8.53. The molecule has 1 nitrogen and oxygen atoms in total. The number of hydrogen-bond acceptors (Lipinski definition) is 1. The molecule has 0 amide bonds. The van der Waals surface area contributed by atoms with Gasteiger partial charge >= 0.3 is 0 Å². The van der Waals surface area contributed by atoms with E-state index in [1.54, 1.807) is 0 Å². The van der Waals surface area contributed by atoms with E-state index in [9.17, 15) is 0 Å². The molecule has 58 valence electrons. The molecule has 3 heteroatoms. The highest BCUT2D eigenvalue weighted by molar-refractivity contribution is 8.74. The molecule has 0 heterocycles. The van der Waals surface area contributed by atoms with Crippen LogP contribution in [0.15, 0.2) is 0 Å². The van der Waals surface area contributed by atoms with E-state index in [1.807, 2.05) is 0 Å². The highest BCUT2D eigenvalue weighted by atomic mass is 32.4. The first kappa shape index (κ1) is 9.24. The van der Waals surface area contributed by atoms with Crippen molar-refractivity contribution in [3.8, 4) is 0 Å². The molecule has 0 atom stereocenters. The van der Waals surface area contributed by atoms with Gasteiger partial charge in [0, 0.05) is 0 Å². The number of nitrogens with two attached hydrogens (primary N) is 1. The maximum atomic E-state index is 5.62. The van der Waals surface area contributed by atoms with Gasteiger partial charge in [-0.05, 0) is 31.3 Å². The minimum Gasteiger partial charge on any atom is -0.387 e. The summed E-state index contributed by atoms with van der Waals surface area (Å²) >= 11 is 4.99. The Kier molecular flexibility index (Phi) is 1.33. The summed E-state index contributed by atoms with van der Waals surface area (Å²) in [6, 6.07) is 0. The number of rotatable bonds is 0. The van der Waals surface area contributed by atoms with E-state index in [0.29, 0.717) is 4.32 Å². The van der Waals surface area contributed by atoms with Crippen LogP contribution >= 0.6 is 20.5 Å². The van der Waals surface area contributed by atoms with Gasteiger partial charge in [-0.15, -0.1) is 0 Å². The fourth-order valence-electron chi connectivity index (χ4n) is 0. The first-order chi connectivity index (χ1) is 3.43. The van der Waals surface area contributed by atoms with Crippen molar-refractivity contribution in [2.75, 3.05) is 31.3 Å². The fourth-order valence-corrected chi connectivity index (χ4v) is 0. The Labute approximate surface area is 62.3 Å². The lowest BCUT2D eigenvalue weighted by Crippen LogP contribution is -2.41. The standard InChI is InChI=1S/C6H17NS2/c1-9(2,3,4,5)6(7)8/h1-5H3,(H2,7,8). The third kappa shape index (κ3) is 3.06. The van der Waals surface area contributed by atoms with Crippen molar-refractivity contribution in [1.29, 1.82) is 0 Å². The van der Waals surface area contributed by atoms with Crippen LogP contribution in [0.5, 0.6) is 0 Å². The molecule has 0 unspecified atom stereocenters. The van der Waals surface area contributed by atoms with Gasteiger partial charge in [0.25, 0.3) is 0 Å². The smallest absolute Gasteiger partial charge is 0.1000 e. The fraction of sp³-hybridized carbons (Fsp3) is 0.833. The first-order valence-electron chi connectivity index (χ1n) is 2.74. The van der Waals surface area contributed by atoms with Crippen LogP contribution in [-0.2, 0) is 0 Å². The molecule has 9 heavy (non-hydrogen) atoms. The lowest BCUT2D eigenvalue weighted by Gasteiger charge is -2.64. The molecular formula is C6H17NS2. The SMILES string of the molecule is CS(C)(C)(C)(C)C(N)=S. The molecule has 0 saturated heterocycles. The summed E-state index contributed by atoms with van der Waals surface area (Å²) in [5.74, 6) is 0. The molecule has 0 rings (SSSR count). The monoisotopic (exact) mass is 167 g/mol. The normalized spacial score (nSPS) is 20.1. The summed E-state index contributed by atoms with van der Waals surface area (Å²) in [6.45, 7) is 0. The molecule has 0 aliphatic heterocycles. The molecular weight excluding hydrogens is 150 g/mol. The van der Waals surface area contributed by atoms with E-state index in [4.69, 9.17) is 18.0 Å². The Bertz CT molecular complexity index is 147. The molecule has 2 N–H and O–H groups in total. The third-order valence-corrected chi connectivity index (χ3v) is 5.52. The zero-order valence-electron chi connectivity index (χ0n) is 6.89. The van der Waals surface area contributed by atoms with E-state index in [0.717, 1.165) is 0 Å². The zero-order chi connectivity index (χ0) is 7.99. The van der Waals surface area contributed by atoms with Crippen molar-refractivity contribution >= 4 is 24.8 Å². The van der Waals surface area contributed by atoms with Crippen molar-refractivity contribution in [2.24, 2.45) is 5.73 Å². The lowest BCUT2D eigenvalue weighted by atomic mass is 11.5. The Hall–Kier alpha value is 0.240. The minimum absolute atomic E-state index is 0.662. The highest BCUT2D eigenvalue weighted by Gasteiger charge is 2.39. The molecule has 0 radical (unpaired) electrons. The Morgan fingerprint density at radius 3 is 1.22 bits per heavy atom. The summed E-state index contributed by atoms with van der Waals surface area (Å²) in [7, 11) is -2.10. The van der Waals surface area contributed by atoms with E-state index in [1.165, 1.54) is 0 Å². The predicted octanol–water partition coefficient (Wildman–Crippen LogP) is 1.26. The Morgan fingerprint density at radius 2 is 1.22 bits per heavy atom. The molecule has 0 bridgehead atoms. The molecule has 0 aromatic carbocycles. The molecule has 0 aliphatic rings. The van der Waals surface area contributed by atoms with Crippen LogP contribution in [0.1, 0.15) is 0 Å². The van der Waals surface area contributed by atoms with Crippen molar-refractivity contribution in [3.63, 3.8) is 0 Å². The van der Waals surface area contributed by atoms with Gasteiger partial charge in [0.1, 0.15) is 0 Å². The second-order valence-corrected chi connectivity index (χ2v) is 16.8. The average molecular weight is 167 g/mol. The van der Waals surface area contributed by atoms with Crippen molar-refractivity contribution < 1.29 is 0 Å². The maximum Gasteiger partial charge on any atom is 0.1000 e. The summed E-state index contributed by atoms with van der Waals surface area (Å²) < 4.78 is 0.662. The number of thiocarbonyl (C=S) groups is 1. The van der Waals surface area contributed by atoms with Crippen LogP contribution in [-0.4, -0.2) is 35.6 Å². The van der Waals surface area contributed by atoms with Crippen LogP contribution in [0.3, 0.4) is 0 Å². The molecule has 0 spiro atoms. The topological polar surface area (TPSA) is 26.0 Å². The maximum absolute atomic E-state index is 5.62. The largest absolute Gasteiger partial charge is 0.387 e. The van der Waals surface area contributed by atoms with Crippen molar-refractivity contribution in [3.05, 3.63) is 0 Å². The van der Waals surface area contributed by atoms with Gasteiger partial charge in [-0.3, -0.25) is 0 Å². The molecule has 0 fully saturated rings. The van der Waals surface area contributed by atoms with Crippen LogP contribution in [0, 0.1) is 0 Å². The van der Waals surface area contributed by atoms with Gasteiger partial charge in [-0.25, -0.2) is 8.29 Å². The van der Waals surface area contributed by atoms with Crippen LogP contribution in [0.25, 0.3) is 0 Å². The second-order valence-electron chi connectivity index (χ2n) is 5.42. The van der Waals surface area contributed by atoms with Crippen LogP contribution in [0.4, 0.5) is 0 Å². The second kappa shape index (κ2) is 1.30. The minimum atomic E-state index is -2.10. The Morgan fingerprint density at radius 1 is 1.11 bits per heavy atom. The van der Waals surface area contributed by atoms with Gasteiger partial charge < -0.3 is 5.73 Å². The van der Waals surface area contributed by atoms with Gasteiger partial charge in [0.15, 0.2) is 0 Å². The highest BCUT2D eigenvalue weighted by Crippen LogP contribution is 2.75. The van der Waals surface area contributed by atoms with E-state index < -0.39 is 8.29 Å². The summed E-state index contributed by atoms with van der Waals surface area (Å²) in [5, 5.41) is 0. The van der Waals surface area contributed by atoms with E-state index >= 15 is 0 Å². The summed E-state index contributed by atoms with van der Waals surface area (Å²) in [6.07, 6.45) is 10.8. The van der Waals surface area contributed by atoms with Gasteiger partial charge in [0.2, 0.25) is 0 Å². The molecule has 0 aromatic heterocycles. The first-order valence-corrected chi connectivity index (χ1v) is 7.64. The van der Waals surface area contributed by atoms with E-state index in [-0.39, 0.29) is 0 Å². The lowest BCUT2D eigenvalue weighted by molar-refractivity contribution is 1.76.